The van der Waals surface area contributed by atoms with Gasteiger partial charge in [-0.2, -0.15) is 0 Å². The van der Waals surface area contributed by atoms with Gasteiger partial charge in [0.2, 0.25) is 0 Å². The quantitative estimate of drug-likeness (QED) is 0.835. The van der Waals surface area contributed by atoms with Crippen molar-refractivity contribution < 1.29 is 4.79 Å². The van der Waals surface area contributed by atoms with Crippen LogP contribution in [0, 0.1) is 18.8 Å². The molecule has 3 nitrogen and oxygen atoms in total. The molecule has 0 bridgehead atoms. The zero-order chi connectivity index (χ0) is 17.4. The number of hydrogen-bond donors (Lipinski definition) is 1. The predicted octanol–water partition coefficient (Wildman–Crippen LogP) is 5.24. The van der Waals surface area contributed by atoms with Crippen LogP contribution in [0.4, 0.5) is 5.82 Å². The summed E-state index contributed by atoms with van der Waals surface area (Å²) in [5.41, 5.74) is 5.91. The lowest BCUT2D eigenvalue weighted by atomic mass is 9.91. The maximum absolute atomic E-state index is 12.4. The van der Waals surface area contributed by atoms with Crippen molar-refractivity contribution in [2.75, 3.05) is 5.32 Å². The highest BCUT2D eigenvalue weighted by molar-refractivity contribution is 6.04. The monoisotopic (exact) mass is 332 g/mol. The Kier molecular flexibility index (Phi) is 4.16. The number of anilines is 1. The minimum absolute atomic E-state index is 0.106. The van der Waals surface area contributed by atoms with E-state index >= 15 is 0 Å². The Morgan fingerprint density at radius 3 is 2.72 bits per heavy atom. The topological polar surface area (TPSA) is 42.0 Å². The smallest absolute Gasteiger partial charge is 0.257 e. The van der Waals surface area contributed by atoms with Crippen LogP contribution in [0.2, 0.25) is 0 Å². The van der Waals surface area contributed by atoms with Crippen LogP contribution in [0.25, 0.3) is 5.57 Å². The van der Waals surface area contributed by atoms with Gasteiger partial charge in [-0.15, -0.1) is 0 Å². The Morgan fingerprint density at radius 1 is 1.12 bits per heavy atom. The maximum atomic E-state index is 12.4. The fourth-order valence-electron chi connectivity index (χ4n) is 4.58. The van der Waals surface area contributed by atoms with E-state index in [-0.39, 0.29) is 5.91 Å². The van der Waals surface area contributed by atoms with Crippen LogP contribution in [0.1, 0.15) is 54.1 Å². The van der Waals surface area contributed by atoms with Crippen LogP contribution in [0.3, 0.4) is 0 Å². The van der Waals surface area contributed by atoms with Crippen LogP contribution in [-0.2, 0) is 0 Å². The number of benzene rings is 1. The minimum Gasteiger partial charge on any atom is -0.307 e. The fraction of sp³-hybridized carbons (Fsp3) is 0.364. The van der Waals surface area contributed by atoms with Crippen LogP contribution in [0.15, 0.2) is 48.2 Å². The van der Waals surface area contributed by atoms with E-state index in [1.54, 1.807) is 0 Å². The summed E-state index contributed by atoms with van der Waals surface area (Å²) in [6.07, 6.45) is 7.19. The Labute approximate surface area is 149 Å². The van der Waals surface area contributed by atoms with Crippen LogP contribution >= 0.6 is 0 Å². The van der Waals surface area contributed by atoms with Gasteiger partial charge in [-0.3, -0.25) is 4.79 Å². The number of aryl methyl sites for hydroxylation is 1. The van der Waals surface area contributed by atoms with Gasteiger partial charge in [0.1, 0.15) is 5.82 Å². The van der Waals surface area contributed by atoms with Crippen molar-refractivity contribution in [3.63, 3.8) is 0 Å². The molecule has 2 unspecified atom stereocenters. The maximum Gasteiger partial charge on any atom is 0.257 e. The highest BCUT2D eigenvalue weighted by Gasteiger charge is 2.36. The largest absolute Gasteiger partial charge is 0.307 e. The molecule has 1 aromatic heterocycles. The van der Waals surface area contributed by atoms with Gasteiger partial charge in [-0.25, -0.2) is 4.98 Å². The number of carbonyl (C=O) groups excluding carboxylic acids is 1. The molecule has 2 aromatic rings. The molecular weight excluding hydrogens is 308 g/mol. The molecule has 1 amide bonds. The third kappa shape index (κ3) is 2.99. The predicted molar refractivity (Wildman–Crippen MR) is 101 cm³/mol. The number of amides is 1. The van der Waals surface area contributed by atoms with Crippen molar-refractivity contribution in [3.8, 4) is 0 Å². The molecule has 2 atom stereocenters. The lowest BCUT2D eigenvalue weighted by Crippen LogP contribution is -2.14. The van der Waals surface area contributed by atoms with Crippen molar-refractivity contribution in [3.05, 3.63) is 64.9 Å². The molecule has 1 heterocycles. The SMILES string of the molecule is CC1=C(c2ccc(NC(=O)c3ccccc3C)nc2)C2CCCC2C1. The summed E-state index contributed by atoms with van der Waals surface area (Å²) < 4.78 is 0. The number of nitrogens with zero attached hydrogens (tertiary/aromatic N) is 1. The fourth-order valence-corrected chi connectivity index (χ4v) is 4.58. The van der Waals surface area contributed by atoms with Crippen molar-refractivity contribution >= 4 is 17.3 Å². The van der Waals surface area contributed by atoms with Crippen molar-refractivity contribution in [2.45, 2.75) is 39.5 Å². The van der Waals surface area contributed by atoms with Crippen molar-refractivity contribution in [1.29, 1.82) is 0 Å². The summed E-state index contributed by atoms with van der Waals surface area (Å²) in [4.78, 5) is 16.9. The number of allylic oxidation sites excluding steroid dienone is 2. The van der Waals surface area contributed by atoms with E-state index in [4.69, 9.17) is 0 Å². The molecule has 0 spiro atoms. The zero-order valence-electron chi connectivity index (χ0n) is 14.9. The molecule has 2 aliphatic rings. The first kappa shape index (κ1) is 16.1. The van der Waals surface area contributed by atoms with Gasteiger partial charge in [-0.05, 0) is 79.8 Å². The summed E-state index contributed by atoms with van der Waals surface area (Å²) in [5, 5.41) is 2.91. The van der Waals surface area contributed by atoms with E-state index in [9.17, 15) is 4.79 Å². The second kappa shape index (κ2) is 6.47. The minimum atomic E-state index is -0.106. The first-order valence-corrected chi connectivity index (χ1v) is 9.16. The standard InChI is InChI=1S/C22H24N2O/c1-14-6-3-4-8-18(14)22(25)24-20-11-10-17(13-23-20)21-15(2)12-16-7-5-9-19(16)21/h3-4,6,8,10-11,13,16,19H,5,7,9,12H2,1-2H3,(H,23,24,25). The Morgan fingerprint density at radius 2 is 1.96 bits per heavy atom. The normalized spacial score (nSPS) is 22.2. The van der Waals surface area contributed by atoms with Gasteiger partial charge in [0.15, 0.2) is 0 Å². The molecule has 1 fully saturated rings. The van der Waals surface area contributed by atoms with Gasteiger partial charge in [0.05, 0.1) is 0 Å². The first-order valence-electron chi connectivity index (χ1n) is 9.16. The Bertz CT molecular complexity index is 835. The molecule has 0 aliphatic heterocycles. The molecule has 1 N–H and O–H groups in total. The van der Waals surface area contributed by atoms with Gasteiger partial charge in [0.25, 0.3) is 5.91 Å². The second-order valence-electron chi connectivity index (χ2n) is 7.40. The lowest BCUT2D eigenvalue weighted by Gasteiger charge is -2.15. The van der Waals surface area contributed by atoms with Crippen LogP contribution in [0.5, 0.6) is 0 Å². The second-order valence-corrected chi connectivity index (χ2v) is 7.40. The number of hydrogen-bond acceptors (Lipinski definition) is 2. The van der Waals surface area contributed by atoms with E-state index < -0.39 is 0 Å². The first-order chi connectivity index (χ1) is 12.1. The third-order valence-electron chi connectivity index (χ3n) is 5.76. The summed E-state index contributed by atoms with van der Waals surface area (Å²) in [6.45, 7) is 4.21. The molecule has 3 heteroatoms. The van der Waals surface area contributed by atoms with Crippen LogP contribution in [-0.4, -0.2) is 10.9 Å². The number of pyridine rings is 1. The number of carbonyl (C=O) groups is 1. The van der Waals surface area contributed by atoms with E-state index in [2.05, 4.69) is 23.3 Å². The van der Waals surface area contributed by atoms with E-state index in [1.807, 2.05) is 43.5 Å². The van der Waals surface area contributed by atoms with Crippen molar-refractivity contribution in [1.82, 2.24) is 4.98 Å². The summed E-state index contributed by atoms with van der Waals surface area (Å²) in [5.74, 6) is 2.06. The van der Waals surface area contributed by atoms with Crippen molar-refractivity contribution in [2.24, 2.45) is 11.8 Å². The van der Waals surface area contributed by atoms with Gasteiger partial charge < -0.3 is 5.32 Å². The van der Waals surface area contributed by atoms with Gasteiger partial charge in [-0.1, -0.05) is 30.2 Å². The van der Waals surface area contributed by atoms with E-state index in [0.717, 1.165) is 11.5 Å². The molecule has 1 saturated carbocycles. The molecule has 1 aromatic carbocycles. The summed E-state index contributed by atoms with van der Waals surface area (Å²) >= 11 is 0. The number of aromatic nitrogens is 1. The molecule has 0 radical (unpaired) electrons. The van der Waals surface area contributed by atoms with Gasteiger partial charge >= 0.3 is 0 Å². The molecule has 0 saturated heterocycles. The zero-order valence-corrected chi connectivity index (χ0v) is 14.9. The number of nitrogens with one attached hydrogen (secondary N) is 1. The van der Waals surface area contributed by atoms with E-state index in [1.165, 1.54) is 42.4 Å². The Hall–Kier alpha value is -2.42. The number of fused-ring (bicyclic) bond motifs is 1. The van der Waals surface area contributed by atoms with Gasteiger partial charge in [0, 0.05) is 11.8 Å². The molecule has 4 rings (SSSR count). The lowest BCUT2D eigenvalue weighted by molar-refractivity contribution is 0.102. The van der Waals surface area contributed by atoms with E-state index in [0.29, 0.717) is 17.3 Å². The van der Waals surface area contributed by atoms with Crippen LogP contribution < -0.4 is 5.32 Å². The molecule has 25 heavy (non-hydrogen) atoms. The molecule has 2 aliphatic carbocycles. The molecular formula is C22H24N2O. The highest BCUT2D eigenvalue weighted by atomic mass is 16.1. The highest BCUT2D eigenvalue weighted by Crippen LogP contribution is 2.50. The average Bonchev–Trinajstić information content (AvgIpc) is 3.16. The Balaban J connectivity index is 1.52. The average molecular weight is 332 g/mol. The molecule has 128 valence electrons. The number of rotatable bonds is 3. The third-order valence-corrected chi connectivity index (χ3v) is 5.76. The summed E-state index contributed by atoms with van der Waals surface area (Å²) in [6, 6.07) is 11.6. The summed E-state index contributed by atoms with van der Waals surface area (Å²) in [7, 11) is 0.